The maximum absolute atomic E-state index is 9.71. The van der Waals surface area contributed by atoms with Gasteiger partial charge in [0.25, 0.3) is 0 Å². The molecule has 5 rings (SSSR count). The van der Waals surface area contributed by atoms with Gasteiger partial charge in [0, 0.05) is 29.9 Å². The normalized spacial score (nSPS) is 20.0. The van der Waals surface area contributed by atoms with Gasteiger partial charge in [-0.05, 0) is 66.8 Å². The Morgan fingerprint density at radius 3 is 2.73 bits per heavy atom. The van der Waals surface area contributed by atoms with Crippen molar-refractivity contribution >= 4 is 16.6 Å². The molecule has 1 atom stereocenters. The summed E-state index contributed by atoms with van der Waals surface area (Å²) in [5.41, 5.74) is 3.57. The number of pyridine rings is 2. The van der Waals surface area contributed by atoms with E-state index in [1.165, 1.54) is 23.8 Å². The number of rotatable bonds is 4. The highest BCUT2D eigenvalue weighted by molar-refractivity contribution is 5.95. The van der Waals surface area contributed by atoms with Gasteiger partial charge in [-0.25, -0.2) is 4.98 Å². The summed E-state index contributed by atoms with van der Waals surface area (Å²) >= 11 is 0. The number of hydrogen-bond donors (Lipinski definition) is 1. The van der Waals surface area contributed by atoms with Gasteiger partial charge in [0.1, 0.15) is 5.82 Å². The van der Waals surface area contributed by atoms with Gasteiger partial charge in [-0.1, -0.05) is 12.1 Å². The van der Waals surface area contributed by atoms with Crippen LogP contribution in [0.15, 0.2) is 48.8 Å². The molecular formula is C22H23N3O. The predicted molar refractivity (Wildman–Crippen MR) is 104 cm³/mol. The van der Waals surface area contributed by atoms with Crippen LogP contribution < -0.4 is 4.90 Å². The second-order valence-electron chi connectivity index (χ2n) is 7.49. The molecule has 2 aromatic heterocycles. The van der Waals surface area contributed by atoms with Crippen LogP contribution in [0.1, 0.15) is 37.2 Å². The first kappa shape index (κ1) is 15.8. The molecule has 4 nitrogen and oxygen atoms in total. The van der Waals surface area contributed by atoms with E-state index in [9.17, 15) is 5.11 Å². The van der Waals surface area contributed by atoms with Crippen molar-refractivity contribution in [2.24, 2.45) is 0 Å². The van der Waals surface area contributed by atoms with E-state index in [0.29, 0.717) is 0 Å². The van der Waals surface area contributed by atoms with Gasteiger partial charge in [-0.2, -0.15) is 0 Å². The number of hydrogen-bond acceptors (Lipinski definition) is 4. The average Bonchev–Trinajstić information content (AvgIpc) is 3.44. The lowest BCUT2D eigenvalue weighted by Gasteiger charge is -2.25. The molecule has 1 saturated heterocycles. The van der Waals surface area contributed by atoms with Crippen molar-refractivity contribution < 1.29 is 5.11 Å². The lowest BCUT2D eigenvalue weighted by Crippen LogP contribution is -2.32. The molecule has 0 spiro atoms. The van der Waals surface area contributed by atoms with Gasteiger partial charge in [-0.3, -0.25) is 4.98 Å². The molecule has 3 heterocycles. The van der Waals surface area contributed by atoms with Crippen molar-refractivity contribution in [1.29, 1.82) is 0 Å². The van der Waals surface area contributed by atoms with E-state index in [2.05, 4.69) is 51.3 Å². The number of nitrogens with zero attached hydrogens (tertiary/aromatic N) is 3. The van der Waals surface area contributed by atoms with Crippen molar-refractivity contribution in [2.75, 3.05) is 18.1 Å². The lowest BCUT2D eigenvalue weighted by atomic mass is 10.0. The molecule has 4 heteroatoms. The molecule has 2 fully saturated rings. The van der Waals surface area contributed by atoms with Crippen LogP contribution in [0.4, 0.5) is 5.82 Å². The van der Waals surface area contributed by atoms with Crippen LogP contribution in [-0.4, -0.2) is 34.3 Å². The van der Waals surface area contributed by atoms with Gasteiger partial charge in [-0.15, -0.1) is 0 Å². The van der Waals surface area contributed by atoms with Gasteiger partial charge in [0.05, 0.1) is 18.3 Å². The number of fused-ring (bicyclic) bond motifs is 1. The third-order valence-corrected chi connectivity index (χ3v) is 5.73. The maximum Gasteiger partial charge on any atom is 0.136 e. The minimum Gasteiger partial charge on any atom is -0.394 e. The number of anilines is 1. The van der Waals surface area contributed by atoms with E-state index in [1.54, 1.807) is 0 Å². The van der Waals surface area contributed by atoms with Crippen molar-refractivity contribution in [3.8, 4) is 11.3 Å². The Morgan fingerprint density at radius 1 is 1.00 bits per heavy atom. The Morgan fingerprint density at radius 2 is 1.88 bits per heavy atom. The van der Waals surface area contributed by atoms with Crippen molar-refractivity contribution in [3.05, 3.63) is 54.4 Å². The Labute approximate surface area is 153 Å². The second kappa shape index (κ2) is 6.36. The Bertz CT molecular complexity index is 951. The van der Waals surface area contributed by atoms with Crippen LogP contribution in [0.25, 0.3) is 22.0 Å². The minimum atomic E-state index is 0.174. The summed E-state index contributed by atoms with van der Waals surface area (Å²) in [5.74, 6) is 1.71. The van der Waals surface area contributed by atoms with E-state index in [4.69, 9.17) is 0 Å². The number of benzene rings is 1. The highest BCUT2D eigenvalue weighted by Crippen LogP contribution is 2.41. The number of aliphatic hydroxyl groups is 1. The molecule has 1 aromatic carbocycles. The predicted octanol–water partition coefficient (Wildman–Crippen LogP) is 4.14. The van der Waals surface area contributed by atoms with E-state index in [-0.39, 0.29) is 12.6 Å². The SMILES string of the molecule is OCC1CCCN1c1nccc2ccc(-c3cc(C4CC4)ccn3)cc12. The minimum absolute atomic E-state index is 0.174. The number of aromatic nitrogens is 2. The number of aliphatic hydroxyl groups excluding tert-OH is 1. The zero-order valence-electron chi connectivity index (χ0n) is 14.8. The van der Waals surface area contributed by atoms with Crippen LogP contribution in [0.2, 0.25) is 0 Å². The highest BCUT2D eigenvalue weighted by atomic mass is 16.3. The molecule has 0 amide bonds. The molecule has 1 aliphatic heterocycles. The Hall–Kier alpha value is -2.46. The Kier molecular flexibility index (Phi) is 3.86. The topological polar surface area (TPSA) is 49.2 Å². The molecule has 26 heavy (non-hydrogen) atoms. The summed E-state index contributed by atoms with van der Waals surface area (Å²) in [5, 5.41) is 12.0. The standard InChI is InChI=1S/C22H23N3O/c26-14-19-2-1-11-25(19)22-20-12-18(6-5-16(20)7-10-24-22)21-13-17(8-9-23-21)15-3-4-15/h5-10,12-13,15,19,26H,1-4,11,14H2. The summed E-state index contributed by atoms with van der Waals surface area (Å²) in [6, 6.07) is 13.1. The van der Waals surface area contributed by atoms with Crippen molar-refractivity contribution in [3.63, 3.8) is 0 Å². The lowest BCUT2D eigenvalue weighted by molar-refractivity contribution is 0.266. The van der Waals surface area contributed by atoms with Crippen molar-refractivity contribution in [2.45, 2.75) is 37.6 Å². The molecule has 0 bridgehead atoms. The van der Waals surface area contributed by atoms with Gasteiger partial charge in [0.2, 0.25) is 0 Å². The zero-order chi connectivity index (χ0) is 17.5. The monoisotopic (exact) mass is 345 g/mol. The molecule has 2 aliphatic rings. The van der Waals surface area contributed by atoms with Crippen molar-refractivity contribution in [1.82, 2.24) is 9.97 Å². The summed E-state index contributed by atoms with van der Waals surface area (Å²) < 4.78 is 0. The fourth-order valence-corrected chi connectivity index (χ4v) is 4.12. The highest BCUT2D eigenvalue weighted by Gasteiger charge is 2.26. The first-order chi connectivity index (χ1) is 12.8. The zero-order valence-corrected chi connectivity index (χ0v) is 14.8. The van der Waals surface area contributed by atoms with Gasteiger partial charge in [0.15, 0.2) is 0 Å². The van der Waals surface area contributed by atoms with Crippen LogP contribution in [0.5, 0.6) is 0 Å². The Balaban J connectivity index is 1.60. The van der Waals surface area contributed by atoms with Crippen LogP contribution in [0, 0.1) is 0 Å². The van der Waals surface area contributed by atoms with E-state index >= 15 is 0 Å². The first-order valence-corrected chi connectivity index (χ1v) is 9.56. The molecule has 1 saturated carbocycles. The molecule has 1 N–H and O–H groups in total. The average molecular weight is 345 g/mol. The summed E-state index contributed by atoms with van der Waals surface area (Å²) in [4.78, 5) is 11.5. The van der Waals surface area contributed by atoms with Gasteiger partial charge < -0.3 is 10.0 Å². The summed E-state index contributed by atoms with van der Waals surface area (Å²) in [7, 11) is 0. The third-order valence-electron chi connectivity index (χ3n) is 5.73. The molecule has 1 aliphatic carbocycles. The second-order valence-corrected chi connectivity index (χ2v) is 7.49. The molecular weight excluding hydrogens is 322 g/mol. The summed E-state index contributed by atoms with van der Waals surface area (Å²) in [6.07, 6.45) is 8.53. The van der Waals surface area contributed by atoms with E-state index < -0.39 is 0 Å². The molecule has 132 valence electrons. The first-order valence-electron chi connectivity index (χ1n) is 9.56. The van der Waals surface area contributed by atoms with Crippen LogP contribution in [-0.2, 0) is 0 Å². The summed E-state index contributed by atoms with van der Waals surface area (Å²) in [6.45, 7) is 1.14. The van der Waals surface area contributed by atoms with Gasteiger partial charge >= 0.3 is 0 Å². The van der Waals surface area contributed by atoms with E-state index in [0.717, 1.165) is 47.8 Å². The van der Waals surface area contributed by atoms with E-state index in [1.807, 2.05) is 12.4 Å². The fraction of sp³-hybridized carbons (Fsp3) is 0.364. The maximum atomic E-state index is 9.71. The fourth-order valence-electron chi connectivity index (χ4n) is 4.12. The van der Waals surface area contributed by atoms with Crippen LogP contribution >= 0.6 is 0 Å². The molecule has 3 aromatic rings. The third kappa shape index (κ3) is 2.74. The smallest absolute Gasteiger partial charge is 0.136 e. The largest absolute Gasteiger partial charge is 0.394 e. The molecule has 0 radical (unpaired) electrons. The van der Waals surface area contributed by atoms with Crippen LogP contribution in [0.3, 0.4) is 0 Å². The quantitative estimate of drug-likeness (QED) is 0.772. The molecule has 1 unspecified atom stereocenters.